The van der Waals surface area contributed by atoms with Crippen LogP contribution in [0.1, 0.15) is 58.1 Å². The van der Waals surface area contributed by atoms with E-state index in [-0.39, 0.29) is 0 Å². The third kappa shape index (κ3) is 3.50. The second-order valence-corrected chi connectivity index (χ2v) is 7.39. The predicted molar refractivity (Wildman–Crippen MR) is 88.6 cm³/mol. The maximum Gasteiger partial charge on any atom is 0.0468 e. The van der Waals surface area contributed by atoms with Crippen LogP contribution in [0.3, 0.4) is 0 Å². The van der Waals surface area contributed by atoms with Gasteiger partial charge >= 0.3 is 0 Å². The van der Waals surface area contributed by atoms with E-state index < -0.39 is 0 Å². The van der Waals surface area contributed by atoms with Crippen LogP contribution in [0, 0.1) is 11.3 Å². The van der Waals surface area contributed by atoms with Crippen LogP contribution in [0.15, 0.2) is 18.2 Å². The van der Waals surface area contributed by atoms with Crippen LogP contribution in [0.5, 0.6) is 0 Å². The Labute approximate surface area is 133 Å². The Morgan fingerprint density at radius 1 is 1.30 bits per heavy atom. The van der Waals surface area contributed by atoms with Crippen LogP contribution in [-0.2, 0) is 0 Å². The molecule has 0 spiro atoms. The summed E-state index contributed by atoms with van der Waals surface area (Å²) in [5.74, 6) is 0.620. The lowest BCUT2D eigenvalue weighted by molar-refractivity contribution is 0.0989. The Balaban J connectivity index is 2.34. The molecule has 1 aliphatic rings. The van der Waals surface area contributed by atoms with Gasteiger partial charge in [0.25, 0.3) is 0 Å². The van der Waals surface area contributed by atoms with E-state index >= 15 is 0 Å². The van der Waals surface area contributed by atoms with Gasteiger partial charge in [-0.05, 0) is 48.4 Å². The van der Waals surface area contributed by atoms with Crippen molar-refractivity contribution in [2.45, 2.75) is 52.5 Å². The van der Waals surface area contributed by atoms with Gasteiger partial charge in [-0.1, -0.05) is 62.9 Å². The van der Waals surface area contributed by atoms with Gasteiger partial charge in [-0.25, -0.2) is 0 Å². The van der Waals surface area contributed by atoms with Gasteiger partial charge in [-0.2, -0.15) is 0 Å². The largest absolute Gasteiger partial charge is 0.310 e. The predicted octanol–water partition coefficient (Wildman–Crippen LogP) is 5.86. The van der Waals surface area contributed by atoms with Gasteiger partial charge in [0.2, 0.25) is 0 Å². The van der Waals surface area contributed by atoms with Gasteiger partial charge in [-0.3, -0.25) is 0 Å². The summed E-state index contributed by atoms with van der Waals surface area (Å²) in [6.07, 6.45) is 5.23. The van der Waals surface area contributed by atoms with Crippen molar-refractivity contribution in [3.63, 3.8) is 0 Å². The summed E-state index contributed by atoms with van der Waals surface area (Å²) in [6.45, 7) is 7.90. The van der Waals surface area contributed by atoms with Crippen molar-refractivity contribution in [3.8, 4) is 0 Å². The van der Waals surface area contributed by atoms with Gasteiger partial charge in [0.15, 0.2) is 0 Å². The number of benzene rings is 1. The Hall–Kier alpha value is -0.240. The van der Waals surface area contributed by atoms with E-state index in [9.17, 15) is 0 Å². The molecule has 1 aliphatic carbocycles. The van der Waals surface area contributed by atoms with Crippen molar-refractivity contribution < 1.29 is 0 Å². The summed E-state index contributed by atoms with van der Waals surface area (Å²) >= 11 is 12.5. The zero-order valence-corrected chi connectivity index (χ0v) is 14.2. The molecule has 0 amide bonds. The number of nitrogens with one attached hydrogen (secondary N) is 1. The maximum absolute atomic E-state index is 6.45. The minimum Gasteiger partial charge on any atom is -0.310 e. The van der Waals surface area contributed by atoms with Gasteiger partial charge in [0.1, 0.15) is 0 Å². The Bertz CT molecular complexity index is 456. The van der Waals surface area contributed by atoms with Crippen LogP contribution < -0.4 is 5.32 Å². The molecule has 2 atom stereocenters. The van der Waals surface area contributed by atoms with Crippen LogP contribution in [0.25, 0.3) is 0 Å². The van der Waals surface area contributed by atoms with Crippen LogP contribution in [0.4, 0.5) is 0 Å². The van der Waals surface area contributed by atoms with Crippen molar-refractivity contribution in [2.75, 3.05) is 6.54 Å². The molecule has 3 heteroatoms. The van der Waals surface area contributed by atoms with Crippen molar-refractivity contribution in [2.24, 2.45) is 11.3 Å². The summed E-state index contributed by atoms with van der Waals surface area (Å²) in [5.41, 5.74) is 1.55. The maximum atomic E-state index is 6.45. The molecule has 1 aromatic rings. The van der Waals surface area contributed by atoms with Gasteiger partial charge < -0.3 is 5.32 Å². The molecule has 1 nitrogen and oxygen atoms in total. The van der Waals surface area contributed by atoms with Gasteiger partial charge in [0.05, 0.1) is 0 Å². The highest BCUT2D eigenvalue weighted by Crippen LogP contribution is 2.47. The molecule has 0 aromatic heterocycles. The first-order valence-electron chi connectivity index (χ1n) is 7.64. The standard InChI is InChI=1S/C17H25Cl2N/c1-4-20-16(13-9-8-12(18)11-15(13)19)14-7-5-6-10-17(14,2)3/h8-9,11,14,16,20H,4-7,10H2,1-3H3. The van der Waals surface area contributed by atoms with E-state index in [0.717, 1.165) is 11.6 Å². The molecule has 20 heavy (non-hydrogen) atoms. The molecule has 1 aromatic carbocycles. The lowest BCUT2D eigenvalue weighted by atomic mass is 9.65. The number of hydrogen-bond acceptors (Lipinski definition) is 1. The fourth-order valence-electron chi connectivity index (χ4n) is 3.58. The molecule has 0 saturated heterocycles. The summed E-state index contributed by atoms with van der Waals surface area (Å²) in [6, 6.07) is 6.21. The van der Waals surface area contributed by atoms with E-state index in [1.54, 1.807) is 0 Å². The van der Waals surface area contributed by atoms with Crippen molar-refractivity contribution in [3.05, 3.63) is 33.8 Å². The number of halogens is 2. The molecule has 112 valence electrons. The smallest absolute Gasteiger partial charge is 0.0468 e. The first-order valence-corrected chi connectivity index (χ1v) is 8.39. The van der Waals surface area contributed by atoms with Crippen LogP contribution in [-0.4, -0.2) is 6.54 Å². The van der Waals surface area contributed by atoms with Crippen molar-refractivity contribution in [1.82, 2.24) is 5.32 Å². The molecule has 2 unspecified atom stereocenters. The van der Waals surface area contributed by atoms with E-state index in [4.69, 9.17) is 23.2 Å². The average Bonchev–Trinajstić information content (AvgIpc) is 2.37. The second kappa shape index (κ2) is 6.68. The van der Waals surface area contributed by atoms with Gasteiger partial charge in [-0.15, -0.1) is 0 Å². The summed E-state index contributed by atoms with van der Waals surface area (Å²) in [7, 11) is 0. The van der Waals surface area contributed by atoms with Crippen LogP contribution in [0.2, 0.25) is 10.0 Å². The zero-order chi connectivity index (χ0) is 14.8. The minimum atomic E-state index is 0.320. The van der Waals surface area contributed by atoms with Crippen molar-refractivity contribution >= 4 is 23.2 Å². The minimum absolute atomic E-state index is 0.320. The fraction of sp³-hybridized carbons (Fsp3) is 0.647. The topological polar surface area (TPSA) is 12.0 Å². The third-order valence-corrected chi connectivity index (χ3v) is 5.28. The van der Waals surface area contributed by atoms with E-state index in [2.05, 4.69) is 32.2 Å². The number of rotatable bonds is 4. The second-order valence-electron chi connectivity index (χ2n) is 6.54. The lowest BCUT2D eigenvalue weighted by Gasteiger charge is -2.44. The first-order chi connectivity index (χ1) is 9.45. The Morgan fingerprint density at radius 3 is 2.65 bits per heavy atom. The summed E-state index contributed by atoms with van der Waals surface area (Å²) in [5, 5.41) is 5.14. The summed E-state index contributed by atoms with van der Waals surface area (Å²) < 4.78 is 0. The lowest BCUT2D eigenvalue weighted by Crippen LogP contribution is -2.39. The molecule has 0 heterocycles. The molecule has 0 aliphatic heterocycles. The van der Waals surface area contributed by atoms with E-state index in [0.29, 0.717) is 22.4 Å². The highest BCUT2D eigenvalue weighted by atomic mass is 35.5. The molecule has 0 radical (unpaired) electrons. The SMILES string of the molecule is CCNC(c1ccc(Cl)cc1Cl)C1CCCCC1(C)C. The van der Waals surface area contributed by atoms with Crippen LogP contribution >= 0.6 is 23.2 Å². The quantitative estimate of drug-likeness (QED) is 0.734. The van der Waals surface area contributed by atoms with E-state index in [1.165, 1.54) is 31.2 Å². The molecule has 2 rings (SSSR count). The molecule has 0 bridgehead atoms. The average molecular weight is 314 g/mol. The fourth-order valence-corrected chi connectivity index (χ4v) is 4.11. The zero-order valence-electron chi connectivity index (χ0n) is 12.7. The Kier molecular flexibility index (Phi) is 5.39. The van der Waals surface area contributed by atoms with Crippen molar-refractivity contribution in [1.29, 1.82) is 0 Å². The molecular weight excluding hydrogens is 289 g/mol. The molecule has 1 fully saturated rings. The monoisotopic (exact) mass is 313 g/mol. The highest BCUT2D eigenvalue weighted by Gasteiger charge is 2.38. The van der Waals surface area contributed by atoms with E-state index in [1.807, 2.05) is 12.1 Å². The Morgan fingerprint density at radius 2 is 2.05 bits per heavy atom. The highest BCUT2D eigenvalue weighted by molar-refractivity contribution is 6.35. The molecule has 1 saturated carbocycles. The first kappa shape index (κ1) is 16.1. The van der Waals surface area contributed by atoms with Gasteiger partial charge in [0, 0.05) is 16.1 Å². The number of hydrogen-bond donors (Lipinski definition) is 1. The normalized spacial score (nSPS) is 23.6. The molecular formula is C17H25Cl2N. The summed E-state index contributed by atoms with van der Waals surface area (Å²) in [4.78, 5) is 0. The third-order valence-electron chi connectivity index (χ3n) is 4.71. The molecule has 1 N–H and O–H groups in total.